The second-order valence-corrected chi connectivity index (χ2v) is 5.69. The zero-order valence-corrected chi connectivity index (χ0v) is 11.7. The van der Waals surface area contributed by atoms with E-state index in [0.29, 0.717) is 19.6 Å². The fraction of sp³-hybridized carbons (Fsp3) is 0.643. The number of morpholine rings is 1. The fourth-order valence-electron chi connectivity index (χ4n) is 2.21. The van der Waals surface area contributed by atoms with E-state index in [0.717, 1.165) is 13.2 Å². The summed E-state index contributed by atoms with van der Waals surface area (Å²) in [6.07, 6.45) is 4.36. The maximum atomic E-state index is 11.9. The minimum absolute atomic E-state index is 0.0633. The van der Waals surface area contributed by atoms with Crippen molar-refractivity contribution in [3.05, 3.63) is 24.0 Å². The van der Waals surface area contributed by atoms with E-state index in [9.17, 15) is 4.79 Å². The molecule has 0 aromatic carbocycles. The molecule has 2 heterocycles. The van der Waals surface area contributed by atoms with Crippen LogP contribution in [-0.4, -0.2) is 43.2 Å². The van der Waals surface area contributed by atoms with E-state index >= 15 is 0 Å². The van der Waals surface area contributed by atoms with Gasteiger partial charge >= 0.3 is 0 Å². The van der Waals surface area contributed by atoms with Crippen molar-refractivity contribution in [3.8, 4) is 0 Å². The summed E-state index contributed by atoms with van der Waals surface area (Å²) in [6.45, 7) is 7.06. The van der Waals surface area contributed by atoms with Gasteiger partial charge in [-0.3, -0.25) is 4.79 Å². The molecule has 1 aliphatic rings. The molecule has 1 fully saturated rings. The maximum Gasteiger partial charge on any atom is 0.221 e. The minimum atomic E-state index is -0.0633. The van der Waals surface area contributed by atoms with Gasteiger partial charge in [0.2, 0.25) is 5.91 Å². The highest BCUT2D eigenvalue weighted by molar-refractivity contribution is 5.76. The summed E-state index contributed by atoms with van der Waals surface area (Å²) in [5, 5.41) is 6.29. The van der Waals surface area contributed by atoms with Crippen molar-refractivity contribution in [1.29, 1.82) is 0 Å². The molecule has 1 aliphatic heterocycles. The first kappa shape index (κ1) is 14.1. The molecule has 19 heavy (non-hydrogen) atoms. The van der Waals surface area contributed by atoms with E-state index in [4.69, 9.17) is 4.74 Å². The van der Waals surface area contributed by atoms with Crippen LogP contribution in [0.2, 0.25) is 0 Å². The number of carbonyl (C=O) groups excluding carboxylic acids is 1. The molecule has 1 unspecified atom stereocenters. The summed E-state index contributed by atoms with van der Waals surface area (Å²) >= 11 is 0. The molecule has 0 aliphatic carbocycles. The number of ether oxygens (including phenoxy) is 1. The van der Waals surface area contributed by atoms with Crippen LogP contribution in [0.3, 0.4) is 0 Å². The third kappa shape index (κ3) is 4.08. The van der Waals surface area contributed by atoms with E-state index in [2.05, 4.69) is 29.5 Å². The van der Waals surface area contributed by atoms with E-state index < -0.39 is 0 Å². The first-order chi connectivity index (χ1) is 9.08. The number of H-pyrrole nitrogens is 1. The average molecular weight is 265 g/mol. The Balaban J connectivity index is 1.76. The molecular weight excluding hydrogens is 242 g/mol. The fourth-order valence-corrected chi connectivity index (χ4v) is 2.21. The van der Waals surface area contributed by atoms with E-state index in [1.807, 2.05) is 18.5 Å². The first-order valence-corrected chi connectivity index (χ1v) is 6.79. The SMILES string of the molecule is CC(C)(CNC(=O)CC1COCCN1)c1cc[nH]c1. The molecule has 106 valence electrons. The lowest BCUT2D eigenvalue weighted by Gasteiger charge is -2.26. The van der Waals surface area contributed by atoms with Crippen LogP contribution < -0.4 is 10.6 Å². The van der Waals surface area contributed by atoms with Gasteiger partial charge in [-0.2, -0.15) is 0 Å². The van der Waals surface area contributed by atoms with Gasteiger partial charge in [-0.05, 0) is 11.6 Å². The zero-order valence-electron chi connectivity index (χ0n) is 11.7. The van der Waals surface area contributed by atoms with Gasteiger partial charge in [0.1, 0.15) is 0 Å². The zero-order chi connectivity index (χ0) is 13.7. The average Bonchev–Trinajstić information content (AvgIpc) is 2.92. The molecule has 0 bridgehead atoms. The summed E-state index contributed by atoms with van der Waals surface area (Å²) < 4.78 is 5.34. The highest BCUT2D eigenvalue weighted by atomic mass is 16.5. The molecule has 1 aromatic heterocycles. The predicted octanol–water partition coefficient (Wildman–Crippen LogP) is 0.787. The molecule has 2 rings (SSSR count). The lowest BCUT2D eigenvalue weighted by molar-refractivity contribution is -0.122. The summed E-state index contributed by atoms with van der Waals surface area (Å²) in [7, 11) is 0. The second-order valence-electron chi connectivity index (χ2n) is 5.69. The second kappa shape index (κ2) is 6.21. The predicted molar refractivity (Wildman–Crippen MR) is 74.1 cm³/mol. The molecular formula is C14H23N3O2. The maximum absolute atomic E-state index is 11.9. The van der Waals surface area contributed by atoms with Crippen molar-refractivity contribution < 1.29 is 9.53 Å². The third-order valence-electron chi connectivity index (χ3n) is 3.54. The largest absolute Gasteiger partial charge is 0.378 e. The van der Waals surface area contributed by atoms with Crippen molar-refractivity contribution in [3.63, 3.8) is 0 Å². The molecule has 5 heteroatoms. The van der Waals surface area contributed by atoms with Crippen molar-refractivity contribution in [2.75, 3.05) is 26.3 Å². The van der Waals surface area contributed by atoms with Crippen LogP contribution in [-0.2, 0) is 14.9 Å². The van der Waals surface area contributed by atoms with Crippen LogP contribution >= 0.6 is 0 Å². The molecule has 1 aromatic rings. The number of nitrogens with one attached hydrogen (secondary N) is 3. The summed E-state index contributed by atoms with van der Waals surface area (Å²) in [5.74, 6) is 0.0756. The van der Waals surface area contributed by atoms with Crippen LogP contribution in [0.4, 0.5) is 0 Å². The molecule has 1 saturated heterocycles. The standard InChI is InChI=1S/C14H23N3O2/c1-14(2,11-3-4-15-8-11)10-17-13(18)7-12-9-19-6-5-16-12/h3-4,8,12,15-16H,5-7,9-10H2,1-2H3,(H,17,18). The Hall–Kier alpha value is -1.33. The highest BCUT2D eigenvalue weighted by Crippen LogP contribution is 2.21. The van der Waals surface area contributed by atoms with Gasteiger partial charge in [0.25, 0.3) is 0 Å². The van der Waals surface area contributed by atoms with Gasteiger partial charge in [0.15, 0.2) is 0 Å². The monoisotopic (exact) mass is 265 g/mol. The number of amides is 1. The molecule has 0 spiro atoms. The van der Waals surface area contributed by atoms with Gasteiger partial charge in [-0.1, -0.05) is 13.8 Å². The number of rotatable bonds is 5. The Bertz CT molecular complexity index is 395. The van der Waals surface area contributed by atoms with Gasteiger partial charge in [0, 0.05) is 43.4 Å². The van der Waals surface area contributed by atoms with Crippen LogP contribution in [0.5, 0.6) is 0 Å². The van der Waals surface area contributed by atoms with Crippen LogP contribution in [0.1, 0.15) is 25.8 Å². The lowest BCUT2D eigenvalue weighted by Crippen LogP contribution is -2.45. The molecule has 0 saturated carbocycles. The van der Waals surface area contributed by atoms with Gasteiger partial charge < -0.3 is 20.4 Å². The van der Waals surface area contributed by atoms with Gasteiger partial charge in [0.05, 0.1) is 13.2 Å². The third-order valence-corrected chi connectivity index (χ3v) is 3.54. The molecule has 1 atom stereocenters. The smallest absolute Gasteiger partial charge is 0.221 e. The summed E-state index contributed by atoms with van der Waals surface area (Å²) in [6, 6.07) is 2.19. The van der Waals surface area contributed by atoms with Crippen molar-refractivity contribution in [1.82, 2.24) is 15.6 Å². The van der Waals surface area contributed by atoms with E-state index in [1.165, 1.54) is 5.56 Å². The lowest BCUT2D eigenvalue weighted by atomic mass is 9.86. The Morgan fingerprint density at radius 1 is 1.58 bits per heavy atom. The van der Waals surface area contributed by atoms with Crippen molar-refractivity contribution in [2.45, 2.75) is 31.7 Å². The quantitative estimate of drug-likeness (QED) is 0.737. The van der Waals surface area contributed by atoms with Crippen LogP contribution in [0.15, 0.2) is 18.5 Å². The highest BCUT2D eigenvalue weighted by Gasteiger charge is 2.23. The summed E-state index contributed by atoms with van der Waals surface area (Å²) in [5.41, 5.74) is 1.14. The first-order valence-electron chi connectivity index (χ1n) is 6.79. The number of aromatic amines is 1. The normalized spacial score (nSPS) is 20.2. The number of carbonyl (C=O) groups is 1. The van der Waals surface area contributed by atoms with Crippen molar-refractivity contribution >= 4 is 5.91 Å². The number of hydrogen-bond acceptors (Lipinski definition) is 3. The van der Waals surface area contributed by atoms with E-state index in [-0.39, 0.29) is 17.4 Å². The molecule has 3 N–H and O–H groups in total. The molecule has 5 nitrogen and oxygen atoms in total. The topological polar surface area (TPSA) is 66.2 Å². The number of hydrogen-bond donors (Lipinski definition) is 3. The Kier molecular flexibility index (Phi) is 4.61. The Morgan fingerprint density at radius 2 is 2.42 bits per heavy atom. The molecule has 0 radical (unpaired) electrons. The van der Waals surface area contributed by atoms with Crippen molar-refractivity contribution in [2.24, 2.45) is 0 Å². The van der Waals surface area contributed by atoms with Crippen LogP contribution in [0, 0.1) is 0 Å². The van der Waals surface area contributed by atoms with E-state index in [1.54, 1.807) is 0 Å². The van der Waals surface area contributed by atoms with Gasteiger partial charge in [-0.25, -0.2) is 0 Å². The minimum Gasteiger partial charge on any atom is -0.378 e. The van der Waals surface area contributed by atoms with Gasteiger partial charge in [-0.15, -0.1) is 0 Å². The van der Waals surface area contributed by atoms with Crippen LogP contribution in [0.25, 0.3) is 0 Å². The molecule has 1 amide bonds. The Labute approximate surface area is 114 Å². The Morgan fingerprint density at radius 3 is 3.05 bits per heavy atom. The number of aromatic nitrogens is 1. The summed E-state index contributed by atoms with van der Waals surface area (Å²) in [4.78, 5) is 15.0.